The molecule has 1 amide bonds. The highest BCUT2D eigenvalue weighted by molar-refractivity contribution is 6.30. The number of hydrogen-bond acceptors (Lipinski definition) is 5. The molecule has 8 heteroatoms. The van der Waals surface area contributed by atoms with Crippen molar-refractivity contribution in [2.75, 3.05) is 0 Å². The monoisotopic (exact) mass is 367 g/mol. The Morgan fingerprint density at radius 2 is 2.04 bits per heavy atom. The molecule has 0 bridgehead atoms. The van der Waals surface area contributed by atoms with Gasteiger partial charge in [-0.3, -0.25) is 9.78 Å². The number of nitrogens with one attached hydrogen (secondary N) is 2. The van der Waals surface area contributed by atoms with E-state index in [0.717, 1.165) is 16.5 Å². The average molecular weight is 368 g/mol. The number of H-pyrrole nitrogens is 1. The Balaban J connectivity index is 1.53. The summed E-state index contributed by atoms with van der Waals surface area (Å²) in [7, 11) is 0. The first-order valence-corrected chi connectivity index (χ1v) is 8.31. The average Bonchev–Trinajstić information content (AvgIpc) is 3.31. The standard InChI is InChI=1S/C18H14ClN5O2/c1-10(18-23-16(24-26-18)11-2-4-12(19)5-3-11)22-17(25)14-8-20-9-15-13(14)6-7-21-15/h2-10,21H,1H3,(H,22,25). The van der Waals surface area contributed by atoms with Gasteiger partial charge in [-0.25, -0.2) is 0 Å². The van der Waals surface area contributed by atoms with E-state index in [1.807, 2.05) is 6.07 Å². The summed E-state index contributed by atoms with van der Waals surface area (Å²) in [4.78, 5) is 24.1. The highest BCUT2D eigenvalue weighted by atomic mass is 35.5. The summed E-state index contributed by atoms with van der Waals surface area (Å²) in [5.74, 6) is 0.492. The van der Waals surface area contributed by atoms with Crippen LogP contribution in [0.4, 0.5) is 0 Å². The third kappa shape index (κ3) is 3.04. The summed E-state index contributed by atoms with van der Waals surface area (Å²) in [6.45, 7) is 1.78. The van der Waals surface area contributed by atoms with Crippen molar-refractivity contribution >= 4 is 28.4 Å². The number of rotatable bonds is 4. The predicted octanol–water partition coefficient (Wildman–Crippen LogP) is 3.76. The van der Waals surface area contributed by atoms with E-state index in [1.54, 1.807) is 43.6 Å². The third-order valence-electron chi connectivity index (χ3n) is 3.98. The van der Waals surface area contributed by atoms with Gasteiger partial charge in [0.2, 0.25) is 11.7 Å². The molecule has 0 aliphatic heterocycles. The Morgan fingerprint density at radius 1 is 1.23 bits per heavy atom. The van der Waals surface area contributed by atoms with Gasteiger partial charge in [-0.1, -0.05) is 16.8 Å². The summed E-state index contributed by atoms with van der Waals surface area (Å²) in [6.07, 6.45) is 4.97. The van der Waals surface area contributed by atoms with Crippen LogP contribution in [0.2, 0.25) is 5.02 Å². The maximum Gasteiger partial charge on any atom is 0.254 e. The second-order valence-electron chi connectivity index (χ2n) is 5.78. The van der Waals surface area contributed by atoms with Crippen molar-refractivity contribution in [3.05, 3.63) is 65.4 Å². The van der Waals surface area contributed by atoms with E-state index in [9.17, 15) is 4.79 Å². The van der Waals surface area contributed by atoms with Gasteiger partial charge in [0.25, 0.3) is 5.91 Å². The summed E-state index contributed by atoms with van der Waals surface area (Å²) in [5, 5.41) is 8.25. The lowest BCUT2D eigenvalue weighted by Crippen LogP contribution is -2.27. The molecule has 4 rings (SSSR count). The van der Waals surface area contributed by atoms with Crippen molar-refractivity contribution in [1.29, 1.82) is 0 Å². The van der Waals surface area contributed by atoms with E-state index in [2.05, 4.69) is 25.4 Å². The zero-order valence-corrected chi connectivity index (χ0v) is 14.5. The highest BCUT2D eigenvalue weighted by Gasteiger charge is 2.19. The number of aromatic nitrogens is 4. The zero-order chi connectivity index (χ0) is 18.1. The number of amides is 1. The van der Waals surface area contributed by atoms with Crippen molar-refractivity contribution < 1.29 is 9.32 Å². The third-order valence-corrected chi connectivity index (χ3v) is 4.24. The minimum Gasteiger partial charge on any atom is -0.360 e. The first-order chi connectivity index (χ1) is 12.6. The first-order valence-electron chi connectivity index (χ1n) is 7.93. The SMILES string of the molecule is CC(NC(=O)c1cncc2[nH]ccc12)c1nc(-c2ccc(Cl)cc2)no1. The van der Waals surface area contributed by atoms with Gasteiger partial charge in [0.1, 0.15) is 6.04 Å². The van der Waals surface area contributed by atoms with Gasteiger partial charge in [0, 0.05) is 28.4 Å². The van der Waals surface area contributed by atoms with Crippen LogP contribution in [0.3, 0.4) is 0 Å². The molecule has 0 saturated carbocycles. The molecule has 0 aliphatic carbocycles. The number of nitrogens with zero attached hydrogens (tertiary/aromatic N) is 3. The summed E-state index contributed by atoms with van der Waals surface area (Å²) >= 11 is 5.88. The number of fused-ring (bicyclic) bond motifs is 1. The molecule has 0 fully saturated rings. The highest BCUT2D eigenvalue weighted by Crippen LogP contribution is 2.21. The van der Waals surface area contributed by atoms with Crippen molar-refractivity contribution in [2.24, 2.45) is 0 Å². The molecule has 0 aliphatic rings. The minimum atomic E-state index is -0.453. The van der Waals surface area contributed by atoms with Crippen molar-refractivity contribution in [2.45, 2.75) is 13.0 Å². The molecule has 26 heavy (non-hydrogen) atoms. The van der Waals surface area contributed by atoms with Crippen LogP contribution >= 0.6 is 11.6 Å². The molecule has 1 atom stereocenters. The molecule has 1 aromatic carbocycles. The van der Waals surface area contributed by atoms with Crippen molar-refractivity contribution in [1.82, 2.24) is 25.4 Å². The Kier molecular flexibility index (Phi) is 4.14. The fraction of sp³-hybridized carbons (Fsp3) is 0.111. The molecule has 130 valence electrons. The number of benzene rings is 1. The lowest BCUT2D eigenvalue weighted by Gasteiger charge is -2.10. The molecule has 3 aromatic heterocycles. The first kappa shape index (κ1) is 16.3. The quantitative estimate of drug-likeness (QED) is 0.572. The molecule has 0 spiro atoms. The van der Waals surface area contributed by atoms with Gasteiger partial charge >= 0.3 is 0 Å². The van der Waals surface area contributed by atoms with Gasteiger partial charge in [0.15, 0.2) is 0 Å². The molecule has 0 radical (unpaired) electrons. The summed E-state index contributed by atoms with van der Waals surface area (Å²) < 4.78 is 5.29. The fourth-order valence-corrected chi connectivity index (χ4v) is 2.75. The van der Waals surface area contributed by atoms with Crippen LogP contribution in [0, 0.1) is 0 Å². The van der Waals surface area contributed by atoms with Crippen LogP contribution < -0.4 is 5.32 Å². The second-order valence-corrected chi connectivity index (χ2v) is 6.22. The number of hydrogen-bond donors (Lipinski definition) is 2. The van der Waals surface area contributed by atoms with Crippen molar-refractivity contribution in [3.8, 4) is 11.4 Å². The number of carbonyl (C=O) groups is 1. The number of halogens is 1. The summed E-state index contributed by atoms with van der Waals surface area (Å²) in [5.41, 5.74) is 2.06. The molecule has 7 nitrogen and oxygen atoms in total. The van der Waals surface area contributed by atoms with Crippen LogP contribution in [-0.4, -0.2) is 26.0 Å². The predicted molar refractivity (Wildman–Crippen MR) is 96.7 cm³/mol. The molecular weight excluding hydrogens is 354 g/mol. The van der Waals surface area contributed by atoms with Gasteiger partial charge in [-0.15, -0.1) is 0 Å². The van der Waals surface area contributed by atoms with Crippen LogP contribution in [0.15, 0.2) is 53.4 Å². The van der Waals surface area contributed by atoms with Gasteiger partial charge in [-0.2, -0.15) is 4.98 Å². The molecule has 0 saturated heterocycles. The zero-order valence-electron chi connectivity index (χ0n) is 13.7. The van der Waals surface area contributed by atoms with Gasteiger partial charge in [0.05, 0.1) is 17.3 Å². The Bertz CT molecular complexity index is 1070. The number of carbonyl (C=O) groups excluding carboxylic acids is 1. The van der Waals surface area contributed by atoms with Crippen LogP contribution in [0.25, 0.3) is 22.3 Å². The second kappa shape index (κ2) is 6.61. The smallest absolute Gasteiger partial charge is 0.254 e. The van der Waals surface area contributed by atoms with Crippen LogP contribution in [0.5, 0.6) is 0 Å². The van der Waals surface area contributed by atoms with E-state index >= 15 is 0 Å². The van der Waals surface area contributed by atoms with Crippen molar-refractivity contribution in [3.63, 3.8) is 0 Å². The van der Waals surface area contributed by atoms with Gasteiger partial charge in [-0.05, 0) is 37.3 Å². The lowest BCUT2D eigenvalue weighted by atomic mass is 10.1. The minimum absolute atomic E-state index is 0.263. The van der Waals surface area contributed by atoms with E-state index < -0.39 is 6.04 Å². The van der Waals surface area contributed by atoms with E-state index in [1.165, 1.54) is 6.20 Å². The largest absolute Gasteiger partial charge is 0.360 e. The maximum absolute atomic E-state index is 12.6. The van der Waals surface area contributed by atoms with E-state index in [0.29, 0.717) is 22.3 Å². The lowest BCUT2D eigenvalue weighted by molar-refractivity contribution is 0.0934. The molecular formula is C18H14ClN5O2. The summed E-state index contributed by atoms with van der Waals surface area (Å²) in [6, 6.07) is 8.50. The van der Waals surface area contributed by atoms with E-state index in [4.69, 9.17) is 16.1 Å². The maximum atomic E-state index is 12.6. The number of aromatic amines is 1. The van der Waals surface area contributed by atoms with Gasteiger partial charge < -0.3 is 14.8 Å². The molecule has 2 N–H and O–H groups in total. The van der Waals surface area contributed by atoms with Crippen LogP contribution in [-0.2, 0) is 0 Å². The normalized spacial score (nSPS) is 12.2. The molecule has 1 unspecified atom stereocenters. The van der Waals surface area contributed by atoms with E-state index in [-0.39, 0.29) is 5.91 Å². The molecule has 4 aromatic rings. The number of pyridine rings is 1. The Morgan fingerprint density at radius 3 is 2.85 bits per heavy atom. The molecule has 3 heterocycles. The Hall–Kier alpha value is -3.19. The fourth-order valence-electron chi connectivity index (χ4n) is 2.62. The Labute approximate surface area is 153 Å². The topological polar surface area (TPSA) is 96.7 Å². The van der Waals surface area contributed by atoms with Crippen LogP contribution in [0.1, 0.15) is 29.2 Å².